The van der Waals surface area contributed by atoms with Crippen molar-refractivity contribution < 1.29 is 4.74 Å². The molecule has 2 nitrogen and oxygen atoms in total. The topological polar surface area (TPSA) is 21.3 Å². The number of hydrogen-bond donors (Lipinski definition) is 1. The number of hydrogen-bond acceptors (Lipinski definition) is 2. The van der Waals surface area contributed by atoms with Crippen molar-refractivity contribution in [2.24, 2.45) is 5.92 Å². The zero-order valence-electron chi connectivity index (χ0n) is 12.0. The standard InChI is InChI=1S/C17H25NO/c1-19-17(7-8-17)13-16-4-2-3-15(12-16)11-14-5-9-18-10-6-14/h2-4,12,14,18H,5-11,13H2,1H3. The van der Waals surface area contributed by atoms with Gasteiger partial charge in [-0.05, 0) is 62.2 Å². The molecule has 0 bridgehead atoms. The van der Waals surface area contributed by atoms with Gasteiger partial charge in [0.2, 0.25) is 0 Å². The summed E-state index contributed by atoms with van der Waals surface area (Å²) in [5.41, 5.74) is 3.13. The first-order chi connectivity index (χ1) is 9.30. The van der Waals surface area contributed by atoms with E-state index in [1.54, 1.807) is 0 Å². The summed E-state index contributed by atoms with van der Waals surface area (Å²) in [5, 5.41) is 3.44. The Bertz CT molecular complexity index is 419. The Morgan fingerprint density at radius 3 is 2.63 bits per heavy atom. The maximum atomic E-state index is 5.63. The van der Waals surface area contributed by atoms with Gasteiger partial charge in [-0.3, -0.25) is 0 Å². The Labute approximate surface area is 116 Å². The minimum absolute atomic E-state index is 0.174. The van der Waals surface area contributed by atoms with Crippen molar-refractivity contribution in [3.63, 3.8) is 0 Å². The highest BCUT2D eigenvalue weighted by Gasteiger charge is 2.42. The second-order valence-electron chi connectivity index (χ2n) is 6.28. The molecule has 1 aromatic rings. The van der Waals surface area contributed by atoms with Crippen LogP contribution in [0.4, 0.5) is 0 Å². The van der Waals surface area contributed by atoms with Gasteiger partial charge in [0.15, 0.2) is 0 Å². The highest BCUT2D eigenvalue weighted by molar-refractivity contribution is 5.26. The van der Waals surface area contributed by atoms with E-state index in [0.29, 0.717) is 0 Å². The molecule has 2 aliphatic rings. The molecule has 2 fully saturated rings. The van der Waals surface area contributed by atoms with Crippen LogP contribution in [0.15, 0.2) is 24.3 Å². The molecule has 0 aromatic heterocycles. The van der Waals surface area contributed by atoms with Gasteiger partial charge in [0.1, 0.15) is 0 Å². The van der Waals surface area contributed by atoms with Gasteiger partial charge in [0.05, 0.1) is 5.60 Å². The number of piperidine rings is 1. The molecule has 3 rings (SSSR count). The zero-order chi connectivity index (χ0) is 13.1. The van der Waals surface area contributed by atoms with Crippen molar-refractivity contribution in [1.29, 1.82) is 0 Å². The molecule has 0 amide bonds. The Balaban J connectivity index is 1.62. The predicted molar refractivity (Wildman–Crippen MR) is 78.4 cm³/mol. The molecule has 1 saturated heterocycles. The molecule has 19 heavy (non-hydrogen) atoms. The summed E-state index contributed by atoms with van der Waals surface area (Å²) in [6, 6.07) is 9.17. The van der Waals surface area contributed by atoms with Gasteiger partial charge >= 0.3 is 0 Å². The third-order valence-electron chi connectivity index (χ3n) is 4.74. The third-order valence-corrected chi connectivity index (χ3v) is 4.74. The molecule has 104 valence electrons. The molecule has 1 saturated carbocycles. The van der Waals surface area contributed by atoms with Gasteiger partial charge in [-0.1, -0.05) is 24.3 Å². The van der Waals surface area contributed by atoms with Crippen LogP contribution in [0.5, 0.6) is 0 Å². The van der Waals surface area contributed by atoms with E-state index >= 15 is 0 Å². The summed E-state index contributed by atoms with van der Waals surface area (Å²) in [6.07, 6.45) is 7.43. The lowest BCUT2D eigenvalue weighted by Crippen LogP contribution is -2.28. The number of methoxy groups -OCH3 is 1. The summed E-state index contributed by atoms with van der Waals surface area (Å²) in [6.45, 7) is 2.38. The van der Waals surface area contributed by atoms with Crippen LogP contribution in [-0.4, -0.2) is 25.8 Å². The SMILES string of the molecule is COC1(Cc2cccc(CC3CCNCC3)c2)CC1. The van der Waals surface area contributed by atoms with E-state index in [1.807, 2.05) is 7.11 Å². The first-order valence-electron chi connectivity index (χ1n) is 7.63. The average molecular weight is 259 g/mol. The van der Waals surface area contributed by atoms with Gasteiger partial charge in [-0.15, -0.1) is 0 Å². The first kappa shape index (κ1) is 13.1. The second kappa shape index (κ2) is 5.64. The van der Waals surface area contributed by atoms with Gasteiger partial charge in [0, 0.05) is 13.5 Å². The lowest BCUT2D eigenvalue weighted by atomic mass is 9.90. The molecule has 2 heteroatoms. The van der Waals surface area contributed by atoms with Crippen molar-refractivity contribution in [3.8, 4) is 0 Å². The van der Waals surface area contributed by atoms with E-state index in [0.717, 1.165) is 12.3 Å². The molecule has 0 spiro atoms. The van der Waals surface area contributed by atoms with E-state index < -0.39 is 0 Å². The smallest absolute Gasteiger partial charge is 0.0721 e. The van der Waals surface area contributed by atoms with Crippen LogP contribution in [0.1, 0.15) is 36.8 Å². The van der Waals surface area contributed by atoms with Crippen LogP contribution in [-0.2, 0) is 17.6 Å². The highest BCUT2D eigenvalue weighted by atomic mass is 16.5. The Kier molecular flexibility index (Phi) is 3.90. The van der Waals surface area contributed by atoms with Crippen LogP contribution >= 0.6 is 0 Å². The monoisotopic (exact) mass is 259 g/mol. The maximum absolute atomic E-state index is 5.63. The number of benzene rings is 1. The van der Waals surface area contributed by atoms with Crippen molar-refractivity contribution in [3.05, 3.63) is 35.4 Å². The Hall–Kier alpha value is -0.860. The molecule has 1 aliphatic carbocycles. The van der Waals surface area contributed by atoms with E-state index in [9.17, 15) is 0 Å². The van der Waals surface area contributed by atoms with E-state index in [1.165, 1.54) is 56.3 Å². The predicted octanol–water partition coefficient (Wildman–Crippen LogP) is 2.95. The molecule has 0 unspecified atom stereocenters. The van der Waals surface area contributed by atoms with Gasteiger partial charge < -0.3 is 10.1 Å². The van der Waals surface area contributed by atoms with E-state index in [-0.39, 0.29) is 5.60 Å². The molecule has 1 aliphatic heterocycles. The summed E-state index contributed by atoms with van der Waals surface area (Å²) in [7, 11) is 1.85. The number of nitrogens with one attached hydrogen (secondary N) is 1. The van der Waals surface area contributed by atoms with Crippen molar-refractivity contribution in [2.45, 2.75) is 44.1 Å². The lowest BCUT2D eigenvalue weighted by Gasteiger charge is -2.23. The highest BCUT2D eigenvalue weighted by Crippen LogP contribution is 2.41. The molecular formula is C17H25NO. The lowest BCUT2D eigenvalue weighted by molar-refractivity contribution is 0.0807. The van der Waals surface area contributed by atoms with Crippen LogP contribution in [0, 0.1) is 5.92 Å². The largest absolute Gasteiger partial charge is 0.378 e. The Morgan fingerprint density at radius 1 is 1.21 bits per heavy atom. The minimum Gasteiger partial charge on any atom is -0.378 e. The second-order valence-corrected chi connectivity index (χ2v) is 6.28. The summed E-state index contributed by atoms with van der Waals surface area (Å²) >= 11 is 0. The van der Waals surface area contributed by atoms with Crippen LogP contribution < -0.4 is 5.32 Å². The van der Waals surface area contributed by atoms with Gasteiger partial charge in [0.25, 0.3) is 0 Å². The molecule has 0 atom stereocenters. The quantitative estimate of drug-likeness (QED) is 0.878. The maximum Gasteiger partial charge on any atom is 0.0721 e. The number of ether oxygens (including phenoxy) is 1. The molecule has 1 N–H and O–H groups in total. The third kappa shape index (κ3) is 3.37. The summed E-state index contributed by atoms with van der Waals surface area (Å²) in [5.74, 6) is 0.869. The molecular weight excluding hydrogens is 234 g/mol. The van der Waals surface area contributed by atoms with Crippen molar-refractivity contribution in [1.82, 2.24) is 5.32 Å². The molecule has 1 heterocycles. The number of rotatable bonds is 5. The minimum atomic E-state index is 0.174. The fourth-order valence-corrected chi connectivity index (χ4v) is 3.25. The average Bonchev–Trinajstić information content (AvgIpc) is 3.21. The fourth-order valence-electron chi connectivity index (χ4n) is 3.25. The van der Waals surface area contributed by atoms with Gasteiger partial charge in [-0.2, -0.15) is 0 Å². The summed E-state index contributed by atoms with van der Waals surface area (Å²) < 4.78 is 5.63. The summed E-state index contributed by atoms with van der Waals surface area (Å²) in [4.78, 5) is 0. The zero-order valence-corrected chi connectivity index (χ0v) is 12.0. The fraction of sp³-hybridized carbons (Fsp3) is 0.647. The van der Waals surface area contributed by atoms with E-state index in [2.05, 4.69) is 29.6 Å². The molecule has 1 aromatic carbocycles. The van der Waals surface area contributed by atoms with Crippen LogP contribution in [0.2, 0.25) is 0 Å². The van der Waals surface area contributed by atoms with Crippen molar-refractivity contribution in [2.75, 3.05) is 20.2 Å². The van der Waals surface area contributed by atoms with Crippen LogP contribution in [0.25, 0.3) is 0 Å². The van der Waals surface area contributed by atoms with Gasteiger partial charge in [-0.25, -0.2) is 0 Å². The Morgan fingerprint density at radius 2 is 1.95 bits per heavy atom. The van der Waals surface area contributed by atoms with Crippen LogP contribution in [0.3, 0.4) is 0 Å². The normalized spacial score (nSPS) is 22.4. The first-order valence-corrected chi connectivity index (χ1v) is 7.63. The van der Waals surface area contributed by atoms with E-state index in [4.69, 9.17) is 4.74 Å². The molecule has 0 radical (unpaired) electrons. The van der Waals surface area contributed by atoms with Crippen molar-refractivity contribution >= 4 is 0 Å².